The summed E-state index contributed by atoms with van der Waals surface area (Å²) in [6, 6.07) is 7.68. The molecule has 1 heterocycles. The van der Waals surface area contributed by atoms with Crippen LogP contribution in [-0.4, -0.2) is 27.7 Å². The third-order valence-corrected chi connectivity index (χ3v) is 2.55. The number of carbonyl (C=O) groups excluding carboxylic acids is 1. The quantitative estimate of drug-likeness (QED) is 0.850. The number of hydrazone groups is 1. The van der Waals surface area contributed by atoms with Crippen molar-refractivity contribution in [3.05, 3.63) is 35.4 Å². The highest BCUT2D eigenvalue weighted by Gasteiger charge is 2.27. The van der Waals surface area contributed by atoms with Gasteiger partial charge in [-0.2, -0.15) is 5.10 Å². The van der Waals surface area contributed by atoms with Crippen LogP contribution in [0.1, 0.15) is 17.5 Å². The van der Waals surface area contributed by atoms with Crippen molar-refractivity contribution in [2.75, 3.05) is 0 Å². The summed E-state index contributed by atoms with van der Waals surface area (Å²) in [6.07, 6.45) is -0.124. The van der Waals surface area contributed by atoms with Gasteiger partial charge in [-0.3, -0.25) is 4.79 Å². The smallest absolute Gasteiger partial charge is 0.352 e. The molecule has 0 unspecified atom stereocenters. The molecule has 2 rings (SSSR count). The number of hydrogen-bond acceptors (Lipinski definition) is 3. The van der Waals surface area contributed by atoms with Crippen LogP contribution in [0.5, 0.6) is 0 Å². The predicted octanol–water partition coefficient (Wildman–Crippen LogP) is 1.17. The number of rotatable bonds is 3. The summed E-state index contributed by atoms with van der Waals surface area (Å²) >= 11 is 0. The Labute approximate surface area is 98.4 Å². The monoisotopic (exact) mass is 232 g/mol. The minimum absolute atomic E-state index is 0.0953. The molecule has 0 bridgehead atoms. The number of amides is 1. The molecule has 0 aromatic heterocycles. The fourth-order valence-corrected chi connectivity index (χ4v) is 1.58. The summed E-state index contributed by atoms with van der Waals surface area (Å²) in [7, 11) is 0. The van der Waals surface area contributed by atoms with Crippen molar-refractivity contribution in [3.63, 3.8) is 0 Å². The van der Waals surface area contributed by atoms with Crippen molar-refractivity contribution >= 4 is 17.6 Å². The van der Waals surface area contributed by atoms with E-state index in [4.69, 9.17) is 5.11 Å². The van der Waals surface area contributed by atoms with Gasteiger partial charge in [0.2, 0.25) is 5.91 Å². The minimum Gasteiger partial charge on any atom is -0.477 e. The molecule has 5 nitrogen and oxygen atoms in total. The zero-order chi connectivity index (χ0) is 12.4. The molecule has 1 aromatic carbocycles. The van der Waals surface area contributed by atoms with Gasteiger partial charge in [-0.15, -0.1) is 0 Å². The van der Waals surface area contributed by atoms with Gasteiger partial charge in [-0.1, -0.05) is 29.8 Å². The second-order valence-electron chi connectivity index (χ2n) is 3.97. The fourth-order valence-electron chi connectivity index (χ4n) is 1.58. The first-order valence-electron chi connectivity index (χ1n) is 5.23. The van der Waals surface area contributed by atoms with E-state index in [1.165, 1.54) is 5.01 Å². The standard InChI is InChI=1S/C12H12N2O3/c1-8-2-4-9(5-3-8)7-14-11(15)6-10(13-14)12(16)17/h2-5H,6-7H2,1H3,(H,16,17). The molecule has 1 aromatic rings. The van der Waals surface area contributed by atoms with Crippen LogP contribution in [0.15, 0.2) is 29.4 Å². The van der Waals surface area contributed by atoms with Gasteiger partial charge in [0, 0.05) is 0 Å². The molecule has 1 aliphatic heterocycles. The Morgan fingerprint density at radius 3 is 2.59 bits per heavy atom. The van der Waals surface area contributed by atoms with Crippen molar-refractivity contribution < 1.29 is 14.7 Å². The first-order valence-corrected chi connectivity index (χ1v) is 5.23. The summed E-state index contributed by atoms with van der Waals surface area (Å²) < 4.78 is 0. The summed E-state index contributed by atoms with van der Waals surface area (Å²) in [5.74, 6) is -1.41. The number of nitrogens with zero attached hydrogens (tertiary/aromatic N) is 2. The highest BCUT2D eigenvalue weighted by molar-refractivity contribution is 6.40. The maximum absolute atomic E-state index is 11.5. The number of carboxylic acids is 1. The van der Waals surface area contributed by atoms with Crippen molar-refractivity contribution in [2.24, 2.45) is 5.10 Å². The van der Waals surface area contributed by atoms with Gasteiger partial charge in [-0.05, 0) is 12.5 Å². The first kappa shape index (κ1) is 11.3. The van der Waals surface area contributed by atoms with Crippen molar-refractivity contribution in [2.45, 2.75) is 19.9 Å². The Morgan fingerprint density at radius 1 is 1.41 bits per heavy atom. The molecule has 5 heteroatoms. The Bertz CT molecular complexity index is 491. The van der Waals surface area contributed by atoms with Crippen molar-refractivity contribution in [1.82, 2.24) is 5.01 Å². The molecule has 1 aliphatic rings. The SMILES string of the molecule is Cc1ccc(CN2N=C(C(=O)O)CC2=O)cc1. The van der Waals surface area contributed by atoms with Crippen LogP contribution in [-0.2, 0) is 16.1 Å². The molecule has 0 saturated heterocycles. The van der Waals surface area contributed by atoms with Gasteiger partial charge in [0.25, 0.3) is 0 Å². The van der Waals surface area contributed by atoms with E-state index in [1.54, 1.807) is 0 Å². The second kappa shape index (κ2) is 4.37. The molecular weight excluding hydrogens is 220 g/mol. The van der Waals surface area contributed by atoms with E-state index >= 15 is 0 Å². The third-order valence-electron chi connectivity index (χ3n) is 2.55. The fraction of sp³-hybridized carbons (Fsp3) is 0.250. The molecule has 1 N–H and O–H groups in total. The Kier molecular flexibility index (Phi) is 2.91. The number of carboxylic acid groups (broad SMARTS) is 1. The van der Waals surface area contributed by atoms with Gasteiger partial charge in [0.1, 0.15) is 0 Å². The lowest BCUT2D eigenvalue weighted by Gasteiger charge is -2.11. The lowest BCUT2D eigenvalue weighted by atomic mass is 10.1. The van der Waals surface area contributed by atoms with Crippen LogP contribution in [0.25, 0.3) is 0 Å². The molecule has 0 spiro atoms. The van der Waals surface area contributed by atoms with E-state index in [-0.39, 0.29) is 18.0 Å². The molecule has 17 heavy (non-hydrogen) atoms. The summed E-state index contributed by atoms with van der Waals surface area (Å²) in [5.41, 5.74) is 1.97. The zero-order valence-corrected chi connectivity index (χ0v) is 9.38. The average Bonchev–Trinajstić information content (AvgIpc) is 2.64. The first-order chi connectivity index (χ1) is 8.06. The summed E-state index contributed by atoms with van der Waals surface area (Å²) in [6.45, 7) is 2.29. The molecule has 0 atom stereocenters. The lowest BCUT2D eigenvalue weighted by molar-refractivity contribution is -0.131. The van der Waals surface area contributed by atoms with E-state index in [2.05, 4.69) is 5.10 Å². The Balaban J connectivity index is 2.11. The predicted molar refractivity (Wildman–Crippen MR) is 61.4 cm³/mol. The summed E-state index contributed by atoms with van der Waals surface area (Å²) in [4.78, 5) is 22.2. The van der Waals surface area contributed by atoms with E-state index in [0.29, 0.717) is 6.54 Å². The van der Waals surface area contributed by atoms with E-state index < -0.39 is 5.97 Å². The topological polar surface area (TPSA) is 70.0 Å². The molecule has 0 aliphatic carbocycles. The lowest BCUT2D eigenvalue weighted by Crippen LogP contribution is -2.20. The van der Waals surface area contributed by atoms with Crippen molar-refractivity contribution in [3.8, 4) is 0 Å². The third kappa shape index (κ3) is 2.50. The van der Waals surface area contributed by atoms with Crippen molar-refractivity contribution in [1.29, 1.82) is 0 Å². The maximum Gasteiger partial charge on any atom is 0.352 e. The van der Waals surface area contributed by atoms with E-state index in [1.807, 2.05) is 31.2 Å². The largest absolute Gasteiger partial charge is 0.477 e. The molecule has 0 fully saturated rings. The number of aryl methyl sites for hydroxylation is 1. The molecule has 88 valence electrons. The second-order valence-corrected chi connectivity index (χ2v) is 3.97. The number of hydrogen-bond donors (Lipinski definition) is 1. The normalized spacial score (nSPS) is 15.0. The van der Waals surface area contributed by atoms with Crippen LogP contribution in [0, 0.1) is 6.92 Å². The zero-order valence-electron chi connectivity index (χ0n) is 9.38. The van der Waals surface area contributed by atoms with Crippen LogP contribution < -0.4 is 0 Å². The minimum atomic E-state index is -1.13. The van der Waals surface area contributed by atoms with Gasteiger partial charge >= 0.3 is 5.97 Å². The summed E-state index contributed by atoms with van der Waals surface area (Å²) in [5, 5.41) is 13.7. The highest BCUT2D eigenvalue weighted by Crippen LogP contribution is 2.13. The van der Waals surface area contributed by atoms with Crippen LogP contribution >= 0.6 is 0 Å². The van der Waals surface area contributed by atoms with Gasteiger partial charge in [0.15, 0.2) is 5.71 Å². The Morgan fingerprint density at radius 2 is 2.06 bits per heavy atom. The van der Waals surface area contributed by atoms with Gasteiger partial charge < -0.3 is 5.11 Å². The Hall–Kier alpha value is -2.17. The molecule has 0 radical (unpaired) electrons. The maximum atomic E-state index is 11.5. The van der Waals surface area contributed by atoms with Gasteiger partial charge in [0.05, 0.1) is 13.0 Å². The molecule has 0 saturated carbocycles. The van der Waals surface area contributed by atoms with Crippen LogP contribution in [0.3, 0.4) is 0 Å². The van der Waals surface area contributed by atoms with E-state index in [0.717, 1.165) is 11.1 Å². The van der Waals surface area contributed by atoms with E-state index in [9.17, 15) is 9.59 Å². The van der Waals surface area contributed by atoms with Crippen LogP contribution in [0.4, 0.5) is 0 Å². The number of aliphatic carboxylic acids is 1. The van der Waals surface area contributed by atoms with Crippen LogP contribution in [0.2, 0.25) is 0 Å². The van der Waals surface area contributed by atoms with Gasteiger partial charge in [-0.25, -0.2) is 9.80 Å². The number of benzene rings is 1. The number of carbonyl (C=O) groups is 2. The molecular formula is C12H12N2O3. The highest BCUT2D eigenvalue weighted by atomic mass is 16.4. The molecule has 1 amide bonds. The average molecular weight is 232 g/mol.